The van der Waals surface area contributed by atoms with Crippen molar-refractivity contribution in [2.75, 3.05) is 33.9 Å². The summed E-state index contributed by atoms with van der Waals surface area (Å²) in [4.78, 5) is 4.67. The smallest absolute Gasteiger partial charge is 0.191 e. The van der Waals surface area contributed by atoms with Crippen LogP contribution in [0.4, 0.5) is 0 Å². The van der Waals surface area contributed by atoms with E-state index in [1.807, 2.05) is 25.1 Å². The fourth-order valence-electron chi connectivity index (χ4n) is 2.88. The molecule has 6 nitrogen and oxygen atoms in total. The van der Waals surface area contributed by atoms with E-state index in [1.165, 1.54) is 0 Å². The number of aliphatic hydroxyl groups excluding tert-OH is 1. The van der Waals surface area contributed by atoms with Crippen molar-refractivity contribution in [1.29, 1.82) is 0 Å². The number of methoxy groups -OCH3 is 2. The van der Waals surface area contributed by atoms with Gasteiger partial charge in [0.1, 0.15) is 11.5 Å². The number of aliphatic hydroxyl groups is 1. The first-order valence-electron chi connectivity index (χ1n) is 9.37. The summed E-state index contributed by atoms with van der Waals surface area (Å²) in [5, 5.41) is 16.0. The van der Waals surface area contributed by atoms with Gasteiger partial charge in [0.2, 0.25) is 0 Å². The highest BCUT2D eigenvalue weighted by atomic mass is 16.5. The molecule has 0 saturated carbocycles. The van der Waals surface area contributed by atoms with E-state index in [1.54, 1.807) is 14.2 Å². The molecule has 1 aromatic carbocycles. The molecule has 0 aliphatic heterocycles. The third kappa shape index (κ3) is 7.95. The maximum atomic E-state index is 9.27. The van der Waals surface area contributed by atoms with Gasteiger partial charge in [0, 0.05) is 31.3 Å². The van der Waals surface area contributed by atoms with Crippen molar-refractivity contribution in [3.8, 4) is 11.5 Å². The summed E-state index contributed by atoms with van der Waals surface area (Å²) < 4.78 is 10.7. The number of hydrogen-bond donors (Lipinski definition) is 3. The van der Waals surface area contributed by atoms with Crippen LogP contribution in [0.3, 0.4) is 0 Å². The number of nitrogens with zero attached hydrogens (tertiary/aromatic N) is 1. The van der Waals surface area contributed by atoms with Gasteiger partial charge in [0.25, 0.3) is 0 Å². The Morgan fingerprint density at radius 2 is 1.96 bits per heavy atom. The first-order valence-corrected chi connectivity index (χ1v) is 9.37. The van der Waals surface area contributed by atoms with Crippen molar-refractivity contribution in [3.63, 3.8) is 0 Å². The molecule has 0 aliphatic carbocycles. The van der Waals surface area contributed by atoms with Crippen LogP contribution < -0.4 is 20.1 Å². The minimum absolute atomic E-state index is 0.218. The van der Waals surface area contributed by atoms with Crippen LogP contribution in [0.5, 0.6) is 11.5 Å². The molecule has 1 atom stereocenters. The SMILES string of the molecule is CCNC(=NCc1ccc(OC)cc1OC)NCC(CCO)CC(C)C. The summed E-state index contributed by atoms with van der Waals surface area (Å²) in [6.07, 6.45) is 1.89. The average molecular weight is 366 g/mol. The Labute approximate surface area is 158 Å². The molecule has 148 valence electrons. The zero-order valence-corrected chi connectivity index (χ0v) is 16.8. The van der Waals surface area contributed by atoms with Crippen LogP contribution in [-0.2, 0) is 6.54 Å². The zero-order valence-electron chi connectivity index (χ0n) is 16.8. The second kappa shape index (κ2) is 12.4. The molecule has 1 aromatic rings. The van der Waals surface area contributed by atoms with Gasteiger partial charge < -0.3 is 25.2 Å². The van der Waals surface area contributed by atoms with Crippen molar-refractivity contribution in [2.45, 2.75) is 40.2 Å². The fraction of sp³-hybridized carbons (Fsp3) is 0.650. The zero-order chi connectivity index (χ0) is 19.4. The number of ether oxygens (including phenoxy) is 2. The number of rotatable bonds is 11. The van der Waals surface area contributed by atoms with Gasteiger partial charge in [0.15, 0.2) is 5.96 Å². The largest absolute Gasteiger partial charge is 0.497 e. The van der Waals surface area contributed by atoms with E-state index in [2.05, 4.69) is 29.5 Å². The van der Waals surface area contributed by atoms with Crippen LogP contribution in [0.2, 0.25) is 0 Å². The van der Waals surface area contributed by atoms with Crippen molar-refractivity contribution >= 4 is 5.96 Å². The molecule has 0 saturated heterocycles. The van der Waals surface area contributed by atoms with Gasteiger partial charge in [-0.2, -0.15) is 0 Å². The summed E-state index contributed by atoms with van der Waals surface area (Å²) in [5.74, 6) is 3.34. The molecule has 0 fully saturated rings. The fourth-order valence-corrected chi connectivity index (χ4v) is 2.88. The molecule has 1 unspecified atom stereocenters. The minimum Gasteiger partial charge on any atom is -0.497 e. The van der Waals surface area contributed by atoms with E-state index in [4.69, 9.17) is 9.47 Å². The standard InChI is InChI=1S/C20H35N3O3/c1-6-21-20(22-13-16(9-10-24)11-15(2)3)23-14-17-7-8-18(25-4)12-19(17)26-5/h7-8,12,15-16,24H,6,9-11,13-14H2,1-5H3,(H2,21,22,23). The monoisotopic (exact) mass is 365 g/mol. The number of benzene rings is 1. The van der Waals surface area contributed by atoms with Crippen LogP contribution in [0.15, 0.2) is 23.2 Å². The Hall–Kier alpha value is -1.95. The third-order valence-electron chi connectivity index (χ3n) is 4.15. The Morgan fingerprint density at radius 3 is 2.54 bits per heavy atom. The number of nitrogens with one attached hydrogen (secondary N) is 2. The van der Waals surface area contributed by atoms with Crippen molar-refractivity contribution in [2.24, 2.45) is 16.8 Å². The van der Waals surface area contributed by atoms with Gasteiger partial charge >= 0.3 is 0 Å². The average Bonchev–Trinajstić information content (AvgIpc) is 2.63. The molecule has 26 heavy (non-hydrogen) atoms. The maximum absolute atomic E-state index is 9.27. The molecular weight excluding hydrogens is 330 g/mol. The number of hydrogen-bond acceptors (Lipinski definition) is 4. The Kier molecular flexibility index (Phi) is 10.5. The lowest BCUT2D eigenvalue weighted by atomic mass is 9.94. The van der Waals surface area contributed by atoms with Crippen LogP contribution in [0.25, 0.3) is 0 Å². The van der Waals surface area contributed by atoms with Gasteiger partial charge in [-0.25, -0.2) is 4.99 Å². The van der Waals surface area contributed by atoms with E-state index in [0.29, 0.717) is 18.4 Å². The molecule has 0 bridgehead atoms. The predicted octanol–water partition coefficient (Wildman–Crippen LogP) is 2.80. The molecule has 0 heterocycles. The van der Waals surface area contributed by atoms with E-state index < -0.39 is 0 Å². The second-order valence-corrected chi connectivity index (χ2v) is 6.76. The van der Waals surface area contributed by atoms with Gasteiger partial charge in [-0.05, 0) is 43.7 Å². The van der Waals surface area contributed by atoms with Crippen LogP contribution in [0, 0.1) is 11.8 Å². The number of aliphatic imine (C=N–C) groups is 1. The Balaban J connectivity index is 2.76. The normalized spacial score (nSPS) is 12.8. The second-order valence-electron chi connectivity index (χ2n) is 6.76. The Bertz CT molecular complexity index is 547. The highest BCUT2D eigenvalue weighted by Gasteiger charge is 2.12. The lowest BCUT2D eigenvalue weighted by molar-refractivity contribution is 0.243. The van der Waals surface area contributed by atoms with E-state index in [9.17, 15) is 5.11 Å². The lowest BCUT2D eigenvalue weighted by Gasteiger charge is -2.20. The van der Waals surface area contributed by atoms with Crippen LogP contribution in [0.1, 0.15) is 39.2 Å². The van der Waals surface area contributed by atoms with Gasteiger partial charge in [-0.15, -0.1) is 0 Å². The molecular formula is C20H35N3O3. The predicted molar refractivity (Wildman–Crippen MR) is 107 cm³/mol. The van der Waals surface area contributed by atoms with Gasteiger partial charge in [-0.1, -0.05) is 13.8 Å². The molecule has 0 aliphatic rings. The van der Waals surface area contributed by atoms with Gasteiger partial charge in [0.05, 0.1) is 20.8 Å². The van der Waals surface area contributed by atoms with E-state index in [0.717, 1.165) is 49.0 Å². The molecule has 0 radical (unpaired) electrons. The van der Waals surface area contributed by atoms with Gasteiger partial charge in [-0.3, -0.25) is 0 Å². The third-order valence-corrected chi connectivity index (χ3v) is 4.15. The Morgan fingerprint density at radius 1 is 1.19 bits per heavy atom. The minimum atomic E-state index is 0.218. The highest BCUT2D eigenvalue weighted by molar-refractivity contribution is 5.79. The number of guanidine groups is 1. The first kappa shape index (κ1) is 22.1. The molecule has 6 heteroatoms. The molecule has 0 amide bonds. The summed E-state index contributed by atoms with van der Waals surface area (Å²) in [6, 6.07) is 5.75. The molecule has 1 rings (SSSR count). The summed E-state index contributed by atoms with van der Waals surface area (Å²) in [6.45, 7) is 8.78. The highest BCUT2D eigenvalue weighted by Crippen LogP contribution is 2.25. The lowest BCUT2D eigenvalue weighted by Crippen LogP contribution is -2.40. The summed E-state index contributed by atoms with van der Waals surface area (Å²) in [7, 11) is 3.29. The van der Waals surface area contributed by atoms with Crippen molar-refractivity contribution < 1.29 is 14.6 Å². The quantitative estimate of drug-likeness (QED) is 0.415. The van der Waals surface area contributed by atoms with Crippen LogP contribution in [-0.4, -0.2) is 45.0 Å². The van der Waals surface area contributed by atoms with E-state index >= 15 is 0 Å². The summed E-state index contributed by atoms with van der Waals surface area (Å²) >= 11 is 0. The molecule has 0 spiro atoms. The topological polar surface area (TPSA) is 75.1 Å². The molecule has 0 aromatic heterocycles. The maximum Gasteiger partial charge on any atom is 0.191 e. The van der Waals surface area contributed by atoms with Crippen LogP contribution >= 0.6 is 0 Å². The van der Waals surface area contributed by atoms with E-state index in [-0.39, 0.29) is 6.61 Å². The van der Waals surface area contributed by atoms with Crippen molar-refractivity contribution in [1.82, 2.24) is 10.6 Å². The first-order chi connectivity index (χ1) is 12.5. The summed E-state index contributed by atoms with van der Waals surface area (Å²) in [5.41, 5.74) is 1.000. The van der Waals surface area contributed by atoms with Crippen molar-refractivity contribution in [3.05, 3.63) is 23.8 Å². The molecule has 3 N–H and O–H groups in total.